The number of benzene rings is 1. The summed E-state index contributed by atoms with van der Waals surface area (Å²) in [5, 5.41) is 12.0. The molecule has 16 heavy (non-hydrogen) atoms. The van der Waals surface area contributed by atoms with Crippen LogP contribution >= 0.6 is 0 Å². The van der Waals surface area contributed by atoms with Crippen molar-refractivity contribution in [2.45, 2.75) is 25.7 Å². The molecule has 0 saturated heterocycles. The predicted molar refractivity (Wildman–Crippen MR) is 61.6 cm³/mol. The lowest BCUT2D eigenvalue weighted by Crippen LogP contribution is -2.11. The minimum atomic E-state index is -0.450. The van der Waals surface area contributed by atoms with Gasteiger partial charge in [0.2, 0.25) is 0 Å². The maximum absolute atomic E-state index is 13.1. The molecule has 0 unspecified atom stereocenters. The molecule has 2 rings (SSSR count). The molecule has 0 bridgehead atoms. The van der Waals surface area contributed by atoms with Crippen LogP contribution in [0.3, 0.4) is 0 Å². The Kier molecular flexibility index (Phi) is 3.40. The zero-order valence-electron chi connectivity index (χ0n) is 9.17. The highest BCUT2D eigenvalue weighted by Gasteiger charge is 2.14. The molecule has 0 heterocycles. The summed E-state index contributed by atoms with van der Waals surface area (Å²) >= 11 is 0. The molecule has 1 fully saturated rings. The molecule has 0 spiro atoms. The van der Waals surface area contributed by atoms with E-state index in [0.717, 1.165) is 18.2 Å². The van der Waals surface area contributed by atoms with Crippen molar-refractivity contribution in [2.75, 3.05) is 11.9 Å². The number of halogens is 1. The summed E-state index contributed by atoms with van der Waals surface area (Å²) in [6, 6.07) is 6.45. The highest BCUT2D eigenvalue weighted by molar-refractivity contribution is 5.49. The number of anilines is 1. The summed E-state index contributed by atoms with van der Waals surface area (Å²) in [6.07, 6.45) is 5.19. The van der Waals surface area contributed by atoms with Gasteiger partial charge in [0.15, 0.2) is 0 Å². The Balaban J connectivity index is 1.96. The predicted octanol–water partition coefficient (Wildman–Crippen LogP) is 3.30. The van der Waals surface area contributed by atoms with E-state index in [-0.39, 0.29) is 5.56 Å². The van der Waals surface area contributed by atoms with Crippen LogP contribution in [-0.2, 0) is 0 Å². The van der Waals surface area contributed by atoms with E-state index in [4.69, 9.17) is 5.26 Å². The smallest absolute Gasteiger partial charge is 0.141 e. The van der Waals surface area contributed by atoms with Crippen molar-refractivity contribution in [3.63, 3.8) is 0 Å². The van der Waals surface area contributed by atoms with E-state index in [1.165, 1.54) is 31.7 Å². The molecular formula is C13H15FN2. The maximum Gasteiger partial charge on any atom is 0.141 e. The minimum absolute atomic E-state index is 0.108. The van der Waals surface area contributed by atoms with Gasteiger partial charge in [0.25, 0.3) is 0 Å². The Morgan fingerprint density at radius 2 is 2.12 bits per heavy atom. The van der Waals surface area contributed by atoms with Gasteiger partial charge in [0.1, 0.15) is 11.9 Å². The summed E-state index contributed by atoms with van der Waals surface area (Å²) < 4.78 is 13.1. The van der Waals surface area contributed by atoms with Gasteiger partial charge < -0.3 is 5.32 Å². The first-order valence-electron chi connectivity index (χ1n) is 5.73. The molecule has 0 aromatic heterocycles. The van der Waals surface area contributed by atoms with E-state index in [9.17, 15) is 4.39 Å². The van der Waals surface area contributed by atoms with Crippen LogP contribution < -0.4 is 5.32 Å². The number of rotatable bonds is 3. The van der Waals surface area contributed by atoms with Gasteiger partial charge >= 0.3 is 0 Å². The Labute approximate surface area is 95.1 Å². The van der Waals surface area contributed by atoms with Crippen molar-refractivity contribution in [1.29, 1.82) is 5.26 Å². The maximum atomic E-state index is 13.1. The van der Waals surface area contributed by atoms with Gasteiger partial charge in [0, 0.05) is 12.2 Å². The number of nitriles is 1. The molecule has 3 heteroatoms. The van der Waals surface area contributed by atoms with E-state index in [1.54, 1.807) is 12.1 Å². The van der Waals surface area contributed by atoms with Crippen molar-refractivity contribution >= 4 is 5.69 Å². The fourth-order valence-corrected chi connectivity index (χ4v) is 2.20. The first-order chi connectivity index (χ1) is 7.79. The van der Waals surface area contributed by atoms with Crippen LogP contribution in [0, 0.1) is 23.1 Å². The van der Waals surface area contributed by atoms with Gasteiger partial charge in [-0.2, -0.15) is 5.26 Å². The zero-order valence-corrected chi connectivity index (χ0v) is 9.17. The molecule has 84 valence electrons. The second-order valence-electron chi connectivity index (χ2n) is 4.34. The Bertz CT molecular complexity index is 403. The fourth-order valence-electron chi connectivity index (χ4n) is 2.20. The summed E-state index contributed by atoms with van der Waals surface area (Å²) in [5.74, 6) is 0.282. The first-order valence-corrected chi connectivity index (χ1v) is 5.73. The average Bonchev–Trinajstić information content (AvgIpc) is 2.81. The van der Waals surface area contributed by atoms with Gasteiger partial charge in [-0.1, -0.05) is 12.8 Å². The van der Waals surface area contributed by atoms with E-state index in [1.807, 2.05) is 6.07 Å². The van der Waals surface area contributed by atoms with Crippen LogP contribution in [0.1, 0.15) is 31.2 Å². The molecule has 1 saturated carbocycles. The van der Waals surface area contributed by atoms with Crippen LogP contribution in [0.25, 0.3) is 0 Å². The monoisotopic (exact) mass is 218 g/mol. The standard InChI is InChI=1S/C13H15FN2/c14-13-6-5-12(7-11(13)8-15)16-9-10-3-1-2-4-10/h5-7,10,16H,1-4,9H2. The summed E-state index contributed by atoms with van der Waals surface area (Å²) in [5.41, 5.74) is 0.946. The fraction of sp³-hybridized carbons (Fsp3) is 0.462. The summed E-state index contributed by atoms with van der Waals surface area (Å²) in [7, 11) is 0. The van der Waals surface area contributed by atoms with Crippen molar-refractivity contribution in [3.05, 3.63) is 29.6 Å². The third-order valence-electron chi connectivity index (χ3n) is 3.16. The van der Waals surface area contributed by atoms with E-state index in [0.29, 0.717) is 0 Å². The van der Waals surface area contributed by atoms with Gasteiger partial charge in [-0.05, 0) is 37.0 Å². The van der Waals surface area contributed by atoms with Crippen LogP contribution in [0.5, 0.6) is 0 Å². The molecule has 2 nitrogen and oxygen atoms in total. The second-order valence-corrected chi connectivity index (χ2v) is 4.34. The number of hydrogen-bond donors (Lipinski definition) is 1. The van der Waals surface area contributed by atoms with Gasteiger partial charge in [-0.3, -0.25) is 0 Å². The van der Waals surface area contributed by atoms with Gasteiger partial charge in [0.05, 0.1) is 5.56 Å². The molecule has 0 atom stereocenters. The van der Waals surface area contributed by atoms with Crippen molar-refractivity contribution in [1.82, 2.24) is 0 Å². The third kappa shape index (κ3) is 2.52. The zero-order chi connectivity index (χ0) is 11.4. The summed E-state index contributed by atoms with van der Waals surface area (Å²) in [4.78, 5) is 0. The number of nitrogens with one attached hydrogen (secondary N) is 1. The molecule has 1 N–H and O–H groups in total. The van der Waals surface area contributed by atoms with Crippen LogP contribution in [0.15, 0.2) is 18.2 Å². The third-order valence-corrected chi connectivity index (χ3v) is 3.16. The Hall–Kier alpha value is -1.56. The Morgan fingerprint density at radius 3 is 2.81 bits per heavy atom. The summed E-state index contributed by atoms with van der Waals surface area (Å²) in [6.45, 7) is 0.927. The Morgan fingerprint density at radius 1 is 1.38 bits per heavy atom. The van der Waals surface area contributed by atoms with Gasteiger partial charge in [-0.25, -0.2) is 4.39 Å². The average molecular weight is 218 g/mol. The van der Waals surface area contributed by atoms with E-state index in [2.05, 4.69) is 5.32 Å². The SMILES string of the molecule is N#Cc1cc(NCC2CCCC2)ccc1F. The lowest BCUT2D eigenvalue weighted by Gasteiger charge is -2.11. The highest BCUT2D eigenvalue weighted by Crippen LogP contribution is 2.25. The quantitative estimate of drug-likeness (QED) is 0.844. The van der Waals surface area contributed by atoms with E-state index < -0.39 is 5.82 Å². The van der Waals surface area contributed by atoms with Crippen LogP contribution in [0.4, 0.5) is 10.1 Å². The topological polar surface area (TPSA) is 35.8 Å². The molecule has 0 radical (unpaired) electrons. The van der Waals surface area contributed by atoms with Crippen molar-refractivity contribution in [2.24, 2.45) is 5.92 Å². The largest absolute Gasteiger partial charge is 0.385 e. The molecule has 1 aliphatic carbocycles. The molecular weight excluding hydrogens is 203 g/mol. The number of nitrogens with zero attached hydrogens (tertiary/aromatic N) is 1. The minimum Gasteiger partial charge on any atom is -0.385 e. The highest BCUT2D eigenvalue weighted by atomic mass is 19.1. The van der Waals surface area contributed by atoms with Crippen molar-refractivity contribution in [3.8, 4) is 6.07 Å². The van der Waals surface area contributed by atoms with E-state index >= 15 is 0 Å². The lowest BCUT2D eigenvalue weighted by molar-refractivity contribution is 0.579. The molecule has 1 aromatic carbocycles. The molecule has 1 aliphatic rings. The molecule has 0 aliphatic heterocycles. The van der Waals surface area contributed by atoms with Crippen molar-refractivity contribution < 1.29 is 4.39 Å². The van der Waals surface area contributed by atoms with Crippen LogP contribution in [0.2, 0.25) is 0 Å². The normalized spacial score (nSPS) is 16.0. The second kappa shape index (κ2) is 4.98. The van der Waals surface area contributed by atoms with Crippen LogP contribution in [-0.4, -0.2) is 6.54 Å². The lowest BCUT2D eigenvalue weighted by atomic mass is 10.1. The van der Waals surface area contributed by atoms with Gasteiger partial charge in [-0.15, -0.1) is 0 Å². The first kappa shape index (κ1) is 10.9. The molecule has 0 amide bonds. The number of hydrogen-bond acceptors (Lipinski definition) is 2. The molecule has 1 aromatic rings.